The average Bonchev–Trinajstić information content (AvgIpc) is 3.24. The topological polar surface area (TPSA) is 62.1 Å². The summed E-state index contributed by atoms with van der Waals surface area (Å²) < 4.78 is 5.78. The SMILES string of the molecule is CCOCC1CCC2C(CCC3C2CCC2(C)C3CC[C@@H]2C(=O)NC(C)c2ccc(C#N)cc2)C1. The van der Waals surface area contributed by atoms with E-state index in [0.29, 0.717) is 11.5 Å². The number of benzene rings is 1. The Morgan fingerprint density at radius 1 is 1.09 bits per heavy atom. The van der Waals surface area contributed by atoms with Crippen LogP contribution in [-0.2, 0) is 9.53 Å². The zero-order valence-electron chi connectivity index (χ0n) is 22.0. The molecule has 1 N–H and O–H groups in total. The third-order valence-corrected chi connectivity index (χ3v) is 10.8. The van der Waals surface area contributed by atoms with Gasteiger partial charge >= 0.3 is 0 Å². The first-order valence-electron chi connectivity index (χ1n) is 14.3. The van der Waals surface area contributed by atoms with E-state index < -0.39 is 0 Å². The predicted molar refractivity (Wildman–Crippen MR) is 138 cm³/mol. The van der Waals surface area contributed by atoms with E-state index in [2.05, 4.69) is 32.2 Å². The third-order valence-electron chi connectivity index (χ3n) is 10.8. The summed E-state index contributed by atoms with van der Waals surface area (Å²) in [6.07, 6.45) is 11.7. The molecule has 0 saturated heterocycles. The maximum absolute atomic E-state index is 13.5. The van der Waals surface area contributed by atoms with Crippen LogP contribution < -0.4 is 5.32 Å². The van der Waals surface area contributed by atoms with Gasteiger partial charge in [0, 0.05) is 19.1 Å². The summed E-state index contributed by atoms with van der Waals surface area (Å²) in [5.74, 6) is 5.41. The van der Waals surface area contributed by atoms with Gasteiger partial charge in [0.1, 0.15) is 0 Å². The summed E-state index contributed by atoms with van der Waals surface area (Å²) in [5.41, 5.74) is 1.88. The molecule has 5 rings (SSSR count). The summed E-state index contributed by atoms with van der Waals surface area (Å²) in [5, 5.41) is 12.4. The number of amides is 1. The fourth-order valence-electron chi connectivity index (χ4n) is 9.06. The van der Waals surface area contributed by atoms with Crippen molar-refractivity contribution < 1.29 is 9.53 Å². The minimum atomic E-state index is -0.0310. The van der Waals surface area contributed by atoms with Gasteiger partial charge in [-0.2, -0.15) is 5.26 Å². The Hall–Kier alpha value is -1.86. The Balaban J connectivity index is 1.22. The molecule has 4 nitrogen and oxygen atoms in total. The molecular formula is C31H44N2O2. The van der Waals surface area contributed by atoms with Gasteiger partial charge < -0.3 is 10.1 Å². The Labute approximate surface area is 212 Å². The molecule has 1 aromatic rings. The van der Waals surface area contributed by atoms with E-state index in [9.17, 15) is 4.79 Å². The molecule has 0 aliphatic heterocycles. The van der Waals surface area contributed by atoms with Crippen LogP contribution in [0.25, 0.3) is 0 Å². The molecular weight excluding hydrogens is 432 g/mol. The largest absolute Gasteiger partial charge is 0.381 e. The number of carbonyl (C=O) groups is 1. The summed E-state index contributed by atoms with van der Waals surface area (Å²) >= 11 is 0. The molecule has 4 aliphatic carbocycles. The lowest BCUT2D eigenvalue weighted by molar-refractivity contribution is -0.133. The molecule has 0 aromatic heterocycles. The summed E-state index contributed by atoms with van der Waals surface area (Å²) in [6, 6.07) is 9.76. The number of ether oxygens (including phenoxy) is 1. The Morgan fingerprint density at radius 3 is 2.60 bits per heavy atom. The summed E-state index contributed by atoms with van der Waals surface area (Å²) in [6.45, 7) is 8.43. The lowest BCUT2D eigenvalue weighted by Crippen LogP contribution is -2.50. The van der Waals surface area contributed by atoms with Gasteiger partial charge in [-0.3, -0.25) is 4.79 Å². The highest BCUT2D eigenvalue weighted by Gasteiger charge is 2.58. The highest BCUT2D eigenvalue weighted by atomic mass is 16.5. The van der Waals surface area contributed by atoms with Gasteiger partial charge in [-0.05, 0) is 130 Å². The first-order chi connectivity index (χ1) is 16.9. The number of nitrogens with one attached hydrogen (secondary N) is 1. The average molecular weight is 477 g/mol. The van der Waals surface area contributed by atoms with E-state index in [-0.39, 0.29) is 23.3 Å². The van der Waals surface area contributed by atoms with Crippen LogP contribution >= 0.6 is 0 Å². The monoisotopic (exact) mass is 476 g/mol. The van der Waals surface area contributed by atoms with Crippen molar-refractivity contribution >= 4 is 5.91 Å². The van der Waals surface area contributed by atoms with Gasteiger partial charge in [-0.25, -0.2) is 0 Å². The van der Waals surface area contributed by atoms with Crippen LogP contribution in [0.15, 0.2) is 24.3 Å². The van der Waals surface area contributed by atoms with Gasteiger partial charge in [0.05, 0.1) is 17.7 Å². The first kappa shape index (κ1) is 24.8. The van der Waals surface area contributed by atoms with Gasteiger partial charge in [-0.15, -0.1) is 0 Å². The van der Waals surface area contributed by atoms with Crippen molar-refractivity contribution in [3.05, 3.63) is 35.4 Å². The van der Waals surface area contributed by atoms with Crippen LogP contribution in [0.3, 0.4) is 0 Å². The van der Waals surface area contributed by atoms with E-state index in [1.807, 2.05) is 24.3 Å². The van der Waals surface area contributed by atoms with Gasteiger partial charge in [0.25, 0.3) is 0 Å². The second-order valence-electron chi connectivity index (χ2n) is 12.4. The zero-order chi connectivity index (χ0) is 24.6. The van der Waals surface area contributed by atoms with E-state index >= 15 is 0 Å². The molecule has 190 valence electrons. The van der Waals surface area contributed by atoms with Gasteiger partial charge in [-0.1, -0.05) is 19.1 Å². The maximum atomic E-state index is 13.5. The van der Waals surface area contributed by atoms with Crippen molar-refractivity contribution in [1.82, 2.24) is 5.32 Å². The lowest BCUT2D eigenvalue weighted by Gasteiger charge is -2.56. The van der Waals surface area contributed by atoms with Gasteiger partial charge in [0.2, 0.25) is 5.91 Å². The molecule has 0 radical (unpaired) electrons. The molecule has 35 heavy (non-hydrogen) atoms. The van der Waals surface area contributed by atoms with E-state index in [0.717, 1.165) is 54.8 Å². The van der Waals surface area contributed by atoms with E-state index in [1.54, 1.807) is 0 Å². The van der Waals surface area contributed by atoms with Crippen molar-refractivity contribution in [2.75, 3.05) is 13.2 Å². The van der Waals surface area contributed by atoms with E-state index in [1.165, 1.54) is 51.4 Å². The van der Waals surface area contributed by atoms with Gasteiger partial charge in [0.15, 0.2) is 0 Å². The Kier molecular flexibility index (Phi) is 7.27. The molecule has 4 fully saturated rings. The first-order valence-corrected chi connectivity index (χ1v) is 14.3. The normalized spacial score (nSPS) is 39.0. The Bertz CT molecular complexity index is 936. The van der Waals surface area contributed by atoms with E-state index in [4.69, 9.17) is 10.00 Å². The maximum Gasteiger partial charge on any atom is 0.224 e. The third kappa shape index (κ3) is 4.66. The van der Waals surface area contributed by atoms with Crippen LogP contribution in [0, 0.1) is 58.2 Å². The standard InChI is InChI=1S/C31H44N2O2/c1-4-35-19-22-7-11-25-24(17-22)10-12-27-26(25)15-16-31(3)28(27)13-14-29(31)30(34)33-20(2)23-8-5-21(18-32)6-9-23/h5-6,8-9,20,22,24-29H,4,7,10-17,19H2,1-3H3,(H,33,34)/t20?,22?,24?,25?,26?,27?,28?,29-,31?/m1/s1. The summed E-state index contributed by atoms with van der Waals surface area (Å²) in [7, 11) is 0. The molecule has 9 atom stereocenters. The quantitative estimate of drug-likeness (QED) is 0.499. The number of hydrogen-bond donors (Lipinski definition) is 1. The van der Waals surface area contributed by atoms with Crippen LogP contribution in [0.5, 0.6) is 0 Å². The van der Waals surface area contributed by atoms with Crippen LogP contribution in [-0.4, -0.2) is 19.1 Å². The predicted octanol–water partition coefficient (Wildman–Crippen LogP) is 6.66. The minimum Gasteiger partial charge on any atom is -0.381 e. The molecule has 4 heteroatoms. The van der Waals surface area contributed by atoms with Crippen molar-refractivity contribution in [2.45, 2.75) is 84.6 Å². The number of carbonyl (C=O) groups excluding carboxylic acids is 1. The molecule has 1 amide bonds. The zero-order valence-corrected chi connectivity index (χ0v) is 22.0. The molecule has 1 aromatic carbocycles. The molecule has 8 unspecified atom stereocenters. The number of hydrogen-bond acceptors (Lipinski definition) is 3. The van der Waals surface area contributed by atoms with Crippen molar-refractivity contribution in [1.29, 1.82) is 5.26 Å². The van der Waals surface area contributed by atoms with Crippen molar-refractivity contribution in [3.63, 3.8) is 0 Å². The highest BCUT2D eigenvalue weighted by Crippen LogP contribution is 2.64. The lowest BCUT2D eigenvalue weighted by atomic mass is 9.49. The number of nitriles is 1. The minimum absolute atomic E-state index is 0.0310. The number of rotatable bonds is 6. The fraction of sp³-hybridized carbons (Fsp3) is 0.742. The van der Waals surface area contributed by atoms with Crippen molar-refractivity contribution in [2.24, 2.45) is 46.8 Å². The smallest absolute Gasteiger partial charge is 0.224 e. The molecule has 0 heterocycles. The second-order valence-corrected chi connectivity index (χ2v) is 12.4. The van der Waals surface area contributed by atoms with Crippen molar-refractivity contribution in [3.8, 4) is 6.07 Å². The van der Waals surface area contributed by atoms with Crippen LogP contribution in [0.4, 0.5) is 0 Å². The second kappa shape index (κ2) is 10.3. The molecule has 4 saturated carbocycles. The molecule has 0 bridgehead atoms. The Morgan fingerprint density at radius 2 is 1.86 bits per heavy atom. The summed E-state index contributed by atoms with van der Waals surface area (Å²) in [4.78, 5) is 13.5. The molecule has 0 spiro atoms. The number of nitrogens with zero attached hydrogens (tertiary/aromatic N) is 1. The number of fused-ring (bicyclic) bond motifs is 5. The van der Waals surface area contributed by atoms with Crippen LogP contribution in [0.1, 0.15) is 95.7 Å². The fourth-order valence-corrected chi connectivity index (χ4v) is 9.06. The molecule has 4 aliphatic rings. The van der Waals surface area contributed by atoms with Crippen LogP contribution in [0.2, 0.25) is 0 Å². The highest BCUT2D eigenvalue weighted by molar-refractivity contribution is 5.80.